The fourth-order valence-corrected chi connectivity index (χ4v) is 5.37. The Labute approximate surface area is 209 Å². The lowest BCUT2D eigenvalue weighted by Crippen LogP contribution is -2.34. The molecule has 0 radical (unpaired) electrons. The highest BCUT2D eigenvalue weighted by atomic mass is 32.1. The highest BCUT2D eigenvalue weighted by molar-refractivity contribution is 7.80. The van der Waals surface area contributed by atoms with Gasteiger partial charge < -0.3 is 20.1 Å². The maximum absolute atomic E-state index is 12.4. The van der Waals surface area contributed by atoms with E-state index in [1.54, 1.807) is 6.92 Å². The number of carbonyl (C=O) groups is 3. The van der Waals surface area contributed by atoms with Gasteiger partial charge in [0.1, 0.15) is 5.00 Å². The van der Waals surface area contributed by atoms with Crippen LogP contribution in [0.4, 0.5) is 5.00 Å². The molecule has 0 unspecified atom stereocenters. The summed E-state index contributed by atoms with van der Waals surface area (Å²) in [4.78, 5) is 37.7. The average molecular weight is 503 g/mol. The number of anilines is 1. The normalized spacial score (nSPS) is 12.0. The van der Waals surface area contributed by atoms with Crippen molar-refractivity contribution < 1.29 is 23.9 Å². The van der Waals surface area contributed by atoms with Gasteiger partial charge in [0.05, 0.1) is 18.8 Å². The quantitative estimate of drug-likeness (QED) is 0.264. The zero-order valence-electron chi connectivity index (χ0n) is 19.3. The van der Waals surface area contributed by atoms with Crippen molar-refractivity contribution in [1.82, 2.24) is 5.32 Å². The molecule has 0 saturated heterocycles. The largest absolute Gasteiger partial charge is 0.466 e. The van der Waals surface area contributed by atoms with Gasteiger partial charge >= 0.3 is 11.9 Å². The van der Waals surface area contributed by atoms with E-state index in [1.165, 1.54) is 16.9 Å². The number of hydrogen-bond donors (Lipinski definition) is 2. The number of hydrogen-bond acceptors (Lipinski definition) is 7. The lowest BCUT2D eigenvalue weighted by molar-refractivity contribution is -0.143. The Kier molecular flexibility index (Phi) is 10.0. The molecule has 1 aromatic heterocycles. The predicted octanol–water partition coefficient (Wildman–Crippen LogP) is 4.57. The molecular weight excluding hydrogens is 472 g/mol. The van der Waals surface area contributed by atoms with Gasteiger partial charge in [-0.15, -0.1) is 11.3 Å². The highest BCUT2D eigenvalue weighted by Crippen LogP contribution is 2.39. The number of ether oxygens (including phenoxy) is 2. The lowest BCUT2D eigenvalue weighted by atomic mass is 10.1. The van der Waals surface area contributed by atoms with Crippen molar-refractivity contribution in [3.8, 4) is 0 Å². The Morgan fingerprint density at radius 1 is 1.06 bits per heavy atom. The van der Waals surface area contributed by atoms with Crippen LogP contribution in [0.5, 0.6) is 0 Å². The number of fused-ring (bicyclic) bond motifs is 1. The third-order valence-corrected chi connectivity index (χ3v) is 6.79. The minimum absolute atomic E-state index is 0.124. The van der Waals surface area contributed by atoms with Crippen molar-refractivity contribution in [2.75, 3.05) is 18.5 Å². The van der Waals surface area contributed by atoms with E-state index in [2.05, 4.69) is 10.6 Å². The van der Waals surface area contributed by atoms with Gasteiger partial charge in [0.25, 0.3) is 0 Å². The van der Waals surface area contributed by atoms with Crippen molar-refractivity contribution in [2.24, 2.45) is 0 Å². The molecule has 1 aliphatic rings. The smallest absolute Gasteiger partial charge is 0.341 e. The topological polar surface area (TPSA) is 93.7 Å². The molecule has 1 aromatic carbocycles. The van der Waals surface area contributed by atoms with E-state index in [4.69, 9.17) is 21.7 Å². The molecule has 1 heterocycles. The van der Waals surface area contributed by atoms with Crippen LogP contribution in [0.25, 0.3) is 0 Å². The maximum Gasteiger partial charge on any atom is 0.341 e. The van der Waals surface area contributed by atoms with Gasteiger partial charge in [-0.1, -0.05) is 30.3 Å². The number of aryl methyl sites for hydroxylation is 2. The molecule has 0 bridgehead atoms. The SMILES string of the molecule is CCOC(=O)c1c(NC(=S)NC(=O)CCCC(=O)OCCCc2ccccc2)sc2c1CCC2. The van der Waals surface area contributed by atoms with Gasteiger partial charge in [-0.3, -0.25) is 9.59 Å². The predicted molar refractivity (Wildman–Crippen MR) is 136 cm³/mol. The zero-order chi connectivity index (χ0) is 24.3. The third kappa shape index (κ3) is 7.63. The molecule has 34 heavy (non-hydrogen) atoms. The first-order valence-electron chi connectivity index (χ1n) is 11.6. The van der Waals surface area contributed by atoms with Crippen LogP contribution in [0.2, 0.25) is 0 Å². The zero-order valence-corrected chi connectivity index (χ0v) is 20.9. The second kappa shape index (κ2) is 13.2. The van der Waals surface area contributed by atoms with Crippen molar-refractivity contribution in [2.45, 2.75) is 58.3 Å². The molecule has 7 nitrogen and oxygen atoms in total. The molecular formula is C25H30N2O5S2. The third-order valence-electron chi connectivity index (χ3n) is 5.38. The first-order chi connectivity index (χ1) is 16.5. The number of carbonyl (C=O) groups excluding carboxylic acids is 3. The van der Waals surface area contributed by atoms with E-state index < -0.39 is 0 Å². The first-order valence-corrected chi connectivity index (χ1v) is 12.8. The fourth-order valence-electron chi connectivity index (χ4n) is 3.81. The number of benzene rings is 1. The van der Waals surface area contributed by atoms with Gasteiger partial charge in [0, 0.05) is 17.7 Å². The van der Waals surface area contributed by atoms with E-state index in [9.17, 15) is 14.4 Å². The van der Waals surface area contributed by atoms with E-state index in [0.29, 0.717) is 30.2 Å². The van der Waals surface area contributed by atoms with Gasteiger partial charge in [-0.25, -0.2) is 4.79 Å². The summed E-state index contributed by atoms with van der Waals surface area (Å²) in [5.41, 5.74) is 2.75. The Morgan fingerprint density at radius 3 is 2.62 bits per heavy atom. The molecule has 1 amide bonds. The number of nitrogens with one attached hydrogen (secondary N) is 2. The summed E-state index contributed by atoms with van der Waals surface area (Å²) in [5.74, 6) is -0.981. The second-order valence-electron chi connectivity index (χ2n) is 7.95. The highest BCUT2D eigenvalue weighted by Gasteiger charge is 2.28. The summed E-state index contributed by atoms with van der Waals surface area (Å²) in [5, 5.41) is 6.33. The summed E-state index contributed by atoms with van der Waals surface area (Å²) < 4.78 is 10.4. The minimum atomic E-state index is -0.374. The molecule has 0 aliphatic heterocycles. The molecule has 0 saturated carbocycles. The summed E-state index contributed by atoms with van der Waals surface area (Å²) in [7, 11) is 0. The van der Waals surface area contributed by atoms with Crippen molar-refractivity contribution in [1.29, 1.82) is 0 Å². The van der Waals surface area contributed by atoms with Crippen LogP contribution in [-0.2, 0) is 38.3 Å². The van der Waals surface area contributed by atoms with Crippen molar-refractivity contribution in [3.05, 3.63) is 51.9 Å². The molecule has 182 valence electrons. The fraction of sp³-hybridized carbons (Fsp3) is 0.440. The van der Waals surface area contributed by atoms with Crippen LogP contribution in [0.1, 0.15) is 65.4 Å². The summed E-state index contributed by atoms with van der Waals surface area (Å²) in [6.07, 6.45) is 5.08. The molecule has 2 aromatic rings. The van der Waals surface area contributed by atoms with E-state index in [-0.39, 0.29) is 35.8 Å². The van der Waals surface area contributed by atoms with Gasteiger partial charge in [-0.2, -0.15) is 0 Å². The second-order valence-corrected chi connectivity index (χ2v) is 9.46. The van der Waals surface area contributed by atoms with Crippen LogP contribution in [-0.4, -0.2) is 36.2 Å². The van der Waals surface area contributed by atoms with Crippen molar-refractivity contribution >= 4 is 51.5 Å². The molecule has 1 aliphatic carbocycles. The number of amides is 1. The van der Waals surface area contributed by atoms with Crippen molar-refractivity contribution in [3.63, 3.8) is 0 Å². The van der Waals surface area contributed by atoms with Crippen LogP contribution >= 0.6 is 23.6 Å². The Morgan fingerprint density at radius 2 is 1.85 bits per heavy atom. The average Bonchev–Trinajstić information content (AvgIpc) is 3.38. The van der Waals surface area contributed by atoms with Gasteiger partial charge in [0.15, 0.2) is 5.11 Å². The number of thiophene rings is 1. The van der Waals surface area contributed by atoms with Gasteiger partial charge in [0.2, 0.25) is 5.91 Å². The molecule has 0 spiro atoms. The van der Waals surface area contributed by atoms with E-state index in [1.807, 2.05) is 30.3 Å². The Hall–Kier alpha value is -2.78. The number of rotatable bonds is 11. The Bertz CT molecular complexity index is 1020. The van der Waals surface area contributed by atoms with Crippen LogP contribution in [0.15, 0.2) is 30.3 Å². The summed E-state index contributed by atoms with van der Waals surface area (Å²) in [6.45, 7) is 2.42. The molecule has 3 rings (SSSR count). The van der Waals surface area contributed by atoms with E-state index >= 15 is 0 Å². The van der Waals surface area contributed by atoms with Crippen LogP contribution in [0.3, 0.4) is 0 Å². The minimum Gasteiger partial charge on any atom is -0.466 e. The molecule has 0 atom stereocenters. The molecule has 2 N–H and O–H groups in total. The summed E-state index contributed by atoms with van der Waals surface area (Å²) >= 11 is 6.74. The Balaban J connectivity index is 1.36. The van der Waals surface area contributed by atoms with Gasteiger partial charge in [-0.05, 0) is 68.8 Å². The first kappa shape index (κ1) is 25.8. The van der Waals surface area contributed by atoms with Crippen LogP contribution in [0, 0.1) is 0 Å². The number of esters is 2. The summed E-state index contributed by atoms with van der Waals surface area (Å²) in [6, 6.07) is 10.0. The number of thiocarbonyl (C=S) groups is 1. The lowest BCUT2D eigenvalue weighted by Gasteiger charge is -2.11. The van der Waals surface area contributed by atoms with E-state index in [0.717, 1.165) is 42.5 Å². The van der Waals surface area contributed by atoms with Crippen LogP contribution < -0.4 is 10.6 Å². The molecule has 9 heteroatoms. The standard InChI is InChI=1S/C25H30N2O5S2/c1-2-31-24(30)22-18-12-6-13-19(18)34-23(22)27-25(33)26-20(28)14-7-15-21(29)32-16-8-11-17-9-4-3-5-10-17/h3-5,9-10H,2,6-8,11-16H2,1H3,(H2,26,27,28,33). The maximum atomic E-state index is 12.4. The monoisotopic (exact) mass is 502 g/mol. The molecule has 0 fully saturated rings.